The van der Waals surface area contributed by atoms with Crippen molar-refractivity contribution in [3.05, 3.63) is 23.8 Å². The van der Waals surface area contributed by atoms with Crippen LogP contribution in [-0.2, 0) is 25.7 Å². The molecule has 6 atom stereocenters. The molecule has 0 bridgehead atoms. The molecule has 1 saturated heterocycles. The lowest BCUT2D eigenvalue weighted by Crippen LogP contribution is -2.58. The molecule has 1 aromatic rings. The molecule has 0 spiro atoms. The Labute approximate surface area is 168 Å². The first-order valence-corrected chi connectivity index (χ1v) is 9.25. The van der Waals surface area contributed by atoms with Crippen molar-refractivity contribution >= 4 is 17.6 Å². The van der Waals surface area contributed by atoms with E-state index in [-0.39, 0.29) is 23.4 Å². The molecule has 1 aromatic carbocycles. The van der Waals surface area contributed by atoms with Gasteiger partial charge >= 0.3 is 5.97 Å². The summed E-state index contributed by atoms with van der Waals surface area (Å²) in [6.07, 6.45) is -6.16. The Hall–Kier alpha value is -2.24. The number of carbonyl (C=O) groups excluding carboxylic acids is 1. The summed E-state index contributed by atoms with van der Waals surface area (Å²) in [5, 5.41) is 41.3. The number of amides is 1. The number of hydrogen-bond donors (Lipinski definition) is 5. The number of anilines is 1. The number of benzene rings is 1. The number of aliphatic hydroxyl groups is 3. The van der Waals surface area contributed by atoms with Crippen LogP contribution < -0.4 is 10.1 Å². The highest BCUT2D eigenvalue weighted by Crippen LogP contribution is 2.33. The van der Waals surface area contributed by atoms with Gasteiger partial charge in [0.2, 0.25) is 12.2 Å². The SMILES string of the molecule is CCC(C)OCc1ccc(OC2OC(O)C(O)C(O)C2C(=O)O)c(NC(C)=O)c1. The summed E-state index contributed by atoms with van der Waals surface area (Å²) in [5.41, 5.74) is 0.988. The van der Waals surface area contributed by atoms with Crippen LogP contribution in [0.15, 0.2) is 18.2 Å². The third kappa shape index (κ3) is 5.87. The van der Waals surface area contributed by atoms with Crippen LogP contribution >= 0.6 is 0 Å². The van der Waals surface area contributed by atoms with E-state index in [9.17, 15) is 30.0 Å². The highest BCUT2D eigenvalue weighted by atomic mass is 16.7. The monoisotopic (exact) mass is 413 g/mol. The third-order valence-corrected chi connectivity index (χ3v) is 4.57. The van der Waals surface area contributed by atoms with Gasteiger partial charge in [0.05, 0.1) is 18.4 Å². The molecule has 5 N–H and O–H groups in total. The third-order valence-electron chi connectivity index (χ3n) is 4.57. The number of nitrogens with one attached hydrogen (secondary N) is 1. The minimum absolute atomic E-state index is 0.0523. The van der Waals surface area contributed by atoms with E-state index in [0.29, 0.717) is 6.61 Å². The van der Waals surface area contributed by atoms with E-state index in [0.717, 1.165) is 12.0 Å². The molecule has 29 heavy (non-hydrogen) atoms. The Balaban J connectivity index is 2.27. The van der Waals surface area contributed by atoms with Gasteiger partial charge in [-0.05, 0) is 31.0 Å². The number of hydrogen-bond acceptors (Lipinski definition) is 8. The van der Waals surface area contributed by atoms with Gasteiger partial charge in [-0.1, -0.05) is 13.0 Å². The van der Waals surface area contributed by atoms with Crippen LogP contribution in [0.2, 0.25) is 0 Å². The number of carboxylic acid groups (broad SMARTS) is 1. The van der Waals surface area contributed by atoms with Crippen LogP contribution in [0, 0.1) is 5.92 Å². The van der Waals surface area contributed by atoms with E-state index < -0.39 is 36.7 Å². The smallest absolute Gasteiger partial charge is 0.315 e. The molecular formula is C19H27NO9. The summed E-state index contributed by atoms with van der Waals surface area (Å²) in [7, 11) is 0. The Morgan fingerprint density at radius 3 is 2.52 bits per heavy atom. The number of aliphatic hydroxyl groups excluding tert-OH is 3. The van der Waals surface area contributed by atoms with Crippen molar-refractivity contribution in [3.8, 4) is 5.75 Å². The Bertz CT molecular complexity index is 726. The highest BCUT2D eigenvalue weighted by Gasteiger charge is 2.49. The molecule has 1 fully saturated rings. The van der Waals surface area contributed by atoms with Gasteiger partial charge in [0.25, 0.3) is 0 Å². The minimum Gasteiger partial charge on any atom is -0.481 e. The second-order valence-corrected chi connectivity index (χ2v) is 6.90. The quantitative estimate of drug-likeness (QED) is 0.408. The average molecular weight is 413 g/mol. The number of rotatable bonds is 8. The van der Waals surface area contributed by atoms with Crippen LogP contribution in [-0.4, -0.2) is 63.2 Å². The first-order valence-electron chi connectivity index (χ1n) is 9.25. The summed E-state index contributed by atoms with van der Waals surface area (Å²) in [6, 6.07) is 4.77. The van der Waals surface area contributed by atoms with E-state index in [4.69, 9.17) is 14.2 Å². The Morgan fingerprint density at radius 1 is 1.24 bits per heavy atom. The lowest BCUT2D eigenvalue weighted by atomic mass is 9.94. The van der Waals surface area contributed by atoms with Crippen molar-refractivity contribution < 1.29 is 44.2 Å². The van der Waals surface area contributed by atoms with Crippen LogP contribution in [0.25, 0.3) is 0 Å². The number of carboxylic acids is 1. The van der Waals surface area contributed by atoms with E-state index in [1.165, 1.54) is 13.0 Å². The van der Waals surface area contributed by atoms with E-state index in [1.54, 1.807) is 12.1 Å². The van der Waals surface area contributed by atoms with Crippen LogP contribution in [0.5, 0.6) is 5.75 Å². The number of carbonyl (C=O) groups is 2. The zero-order valence-corrected chi connectivity index (χ0v) is 16.4. The molecule has 1 heterocycles. The second-order valence-electron chi connectivity index (χ2n) is 6.90. The number of aliphatic carboxylic acids is 1. The summed E-state index contributed by atoms with van der Waals surface area (Å²) in [6.45, 7) is 5.52. The lowest BCUT2D eigenvalue weighted by molar-refractivity contribution is -0.306. The van der Waals surface area contributed by atoms with Gasteiger partial charge < -0.3 is 40.0 Å². The van der Waals surface area contributed by atoms with Gasteiger partial charge in [-0.3, -0.25) is 9.59 Å². The van der Waals surface area contributed by atoms with Gasteiger partial charge in [0.15, 0.2) is 6.29 Å². The maximum atomic E-state index is 11.6. The van der Waals surface area contributed by atoms with E-state index in [2.05, 4.69) is 5.32 Å². The van der Waals surface area contributed by atoms with Crippen molar-refractivity contribution in [1.29, 1.82) is 0 Å². The molecule has 0 radical (unpaired) electrons. The van der Waals surface area contributed by atoms with Crippen LogP contribution in [0.4, 0.5) is 5.69 Å². The molecule has 1 aliphatic rings. The van der Waals surface area contributed by atoms with Crippen molar-refractivity contribution in [2.75, 3.05) is 5.32 Å². The molecule has 6 unspecified atom stereocenters. The molecule has 1 aliphatic heterocycles. The summed E-state index contributed by atoms with van der Waals surface area (Å²) < 4.78 is 16.3. The van der Waals surface area contributed by atoms with E-state index in [1.807, 2.05) is 13.8 Å². The first kappa shape index (κ1) is 23.0. The van der Waals surface area contributed by atoms with Gasteiger partial charge in [0, 0.05) is 6.92 Å². The summed E-state index contributed by atoms with van der Waals surface area (Å²) >= 11 is 0. The molecule has 162 valence electrons. The zero-order valence-electron chi connectivity index (χ0n) is 16.4. The maximum absolute atomic E-state index is 11.6. The molecule has 1 amide bonds. The van der Waals surface area contributed by atoms with Gasteiger partial charge in [-0.25, -0.2) is 0 Å². The summed E-state index contributed by atoms with van der Waals surface area (Å²) in [5.74, 6) is -3.45. The predicted molar refractivity (Wildman–Crippen MR) is 99.9 cm³/mol. The predicted octanol–water partition coefficient (Wildman–Crippen LogP) is 0.436. The topological polar surface area (TPSA) is 155 Å². The molecule has 10 heteroatoms. The fourth-order valence-electron chi connectivity index (χ4n) is 2.75. The highest BCUT2D eigenvalue weighted by molar-refractivity contribution is 5.90. The van der Waals surface area contributed by atoms with Crippen molar-refractivity contribution in [1.82, 2.24) is 0 Å². The molecule has 0 aromatic heterocycles. The lowest BCUT2D eigenvalue weighted by Gasteiger charge is -2.38. The van der Waals surface area contributed by atoms with Crippen molar-refractivity contribution in [2.24, 2.45) is 5.92 Å². The molecule has 10 nitrogen and oxygen atoms in total. The normalized spacial score (nSPS) is 27.9. The molecule has 0 saturated carbocycles. The van der Waals surface area contributed by atoms with Crippen molar-refractivity contribution in [3.63, 3.8) is 0 Å². The fraction of sp³-hybridized carbons (Fsp3) is 0.579. The van der Waals surface area contributed by atoms with Gasteiger partial charge in [0.1, 0.15) is 23.9 Å². The Morgan fingerprint density at radius 2 is 1.93 bits per heavy atom. The largest absolute Gasteiger partial charge is 0.481 e. The molecular weight excluding hydrogens is 386 g/mol. The maximum Gasteiger partial charge on any atom is 0.315 e. The number of ether oxygens (including phenoxy) is 3. The zero-order chi connectivity index (χ0) is 21.7. The average Bonchev–Trinajstić information content (AvgIpc) is 2.65. The van der Waals surface area contributed by atoms with E-state index >= 15 is 0 Å². The van der Waals surface area contributed by atoms with Crippen LogP contribution in [0.3, 0.4) is 0 Å². The Kier molecular flexibility index (Phi) is 7.94. The fourth-order valence-corrected chi connectivity index (χ4v) is 2.75. The standard InChI is InChI=1S/C19H27NO9/c1-4-9(2)27-8-11-5-6-13(12(7-11)20-10(3)21)28-19-14(17(24)25)15(22)16(23)18(26)29-19/h5-7,9,14-16,18-19,22-23,26H,4,8H2,1-3H3,(H,20,21)(H,24,25). The van der Waals surface area contributed by atoms with Gasteiger partial charge in [-0.15, -0.1) is 0 Å². The molecule has 2 rings (SSSR count). The second kappa shape index (κ2) is 9.99. The first-order chi connectivity index (χ1) is 13.6. The van der Waals surface area contributed by atoms with Gasteiger partial charge in [-0.2, -0.15) is 0 Å². The van der Waals surface area contributed by atoms with Crippen LogP contribution in [0.1, 0.15) is 32.8 Å². The van der Waals surface area contributed by atoms with Crippen molar-refractivity contribution in [2.45, 2.75) is 64.7 Å². The summed E-state index contributed by atoms with van der Waals surface area (Å²) in [4.78, 5) is 23.1. The minimum atomic E-state index is -1.84. The molecule has 0 aliphatic carbocycles.